The summed E-state index contributed by atoms with van der Waals surface area (Å²) < 4.78 is 0. The molecule has 0 bridgehead atoms. The fourth-order valence-corrected chi connectivity index (χ4v) is 10.1. The van der Waals surface area contributed by atoms with Crippen molar-refractivity contribution in [3.8, 4) is 0 Å². The van der Waals surface area contributed by atoms with E-state index in [2.05, 4.69) is 68.5 Å². The Bertz CT molecular complexity index is 3170. The molecule has 96 heavy (non-hydrogen) atoms. The van der Waals surface area contributed by atoms with Gasteiger partial charge in [-0.3, -0.25) is 67.1 Å². The van der Waals surface area contributed by atoms with E-state index in [1.807, 2.05) is 0 Å². The number of hydrogen-bond donors (Lipinski definition) is 17. The summed E-state index contributed by atoms with van der Waals surface area (Å²) in [5.41, 5.74) is 18.8. The first kappa shape index (κ1) is 78.6. The van der Waals surface area contributed by atoms with Crippen LogP contribution >= 0.6 is 0 Å². The quantitative estimate of drug-likeness (QED) is 0.0255. The number of hydrogen-bond acceptors (Lipinski definition) is 18. The molecule has 20 N–H and O–H groups in total. The Morgan fingerprint density at radius 1 is 0.552 bits per heavy atom. The van der Waals surface area contributed by atoms with Crippen molar-refractivity contribution in [3.63, 3.8) is 0 Å². The standard InChI is InChI=1S/C63H93N17O16/c1-9-33(4)50(60(93)69-30-48(85)76-49(32(2)3)59(92)68-29-47(84)71-35(6)63(96)80-24-16-21-45(80)53(66)86)77-54(87)34(5)72-61(94)51(36(7)81)78-56(89)42(22-23-46(65)83)73-57(90)43(26-39-19-14-11-15-20-39)75-62(95)52(37(8)82)79-58(91)44(27-40-28-67-31-70-40)74-55(88)41(64)25-38-17-12-10-13-18-38/h10-15,17-20,28,31-37,41-45,49-52,81-82H,9,16,21-27,29-30,64H2,1-8H3,(H2,65,83)(H2,66,86)(H,67,70)(H,68,92)(H,69,93)(H,71,84)(H,72,94)(H,73,90)(H,74,88)(H,75,95)(H,76,85)(H,77,87)(H,78,89)(H,79,91)/t33-,34-,35-,36+,37+,41-,42-,43-,44-,45-,49-,50-,51-,52-/m0/s1. The third kappa shape index (κ3) is 25.1. The van der Waals surface area contributed by atoms with Crippen LogP contribution in [0.2, 0.25) is 0 Å². The number of nitrogens with one attached hydrogen (secondary N) is 12. The topological polar surface area (TPSA) is 522 Å². The smallest absolute Gasteiger partial charge is 0.245 e. The molecule has 1 aromatic heterocycles. The molecule has 1 fully saturated rings. The van der Waals surface area contributed by atoms with E-state index in [0.29, 0.717) is 30.5 Å². The molecule has 14 amide bonds. The van der Waals surface area contributed by atoms with Gasteiger partial charge in [-0.15, -0.1) is 0 Å². The second-order valence-electron chi connectivity index (χ2n) is 24.1. The number of aromatic amines is 1. The fourth-order valence-electron chi connectivity index (χ4n) is 10.1. The molecular weight excluding hydrogens is 1250 g/mol. The predicted molar refractivity (Wildman–Crippen MR) is 345 cm³/mol. The first-order chi connectivity index (χ1) is 45.3. The van der Waals surface area contributed by atoms with Gasteiger partial charge in [-0.05, 0) is 76.3 Å². The Hall–Kier alpha value is -9.89. The highest BCUT2D eigenvalue weighted by Crippen LogP contribution is 2.18. The van der Waals surface area contributed by atoms with Crippen LogP contribution in [0, 0.1) is 11.8 Å². The average molecular weight is 1340 g/mol. The molecule has 14 atom stereocenters. The number of carbonyl (C=O) groups excluding carboxylic acids is 14. The van der Waals surface area contributed by atoms with Gasteiger partial charge in [0.05, 0.1) is 37.7 Å². The van der Waals surface area contributed by atoms with Crippen LogP contribution in [0.3, 0.4) is 0 Å². The van der Waals surface area contributed by atoms with Crippen LogP contribution < -0.4 is 75.7 Å². The molecule has 526 valence electrons. The summed E-state index contributed by atoms with van der Waals surface area (Å²) in [6, 6.07) is 1.85. The zero-order chi connectivity index (χ0) is 71.5. The molecule has 0 unspecified atom stereocenters. The van der Waals surface area contributed by atoms with Gasteiger partial charge in [-0.2, -0.15) is 0 Å². The number of H-pyrrole nitrogens is 1. The van der Waals surface area contributed by atoms with Gasteiger partial charge < -0.3 is 95.8 Å². The monoisotopic (exact) mass is 1340 g/mol. The number of imidazole rings is 1. The Morgan fingerprint density at radius 2 is 1.04 bits per heavy atom. The Balaban J connectivity index is 1.41. The molecular formula is C63H93N17O16. The average Bonchev–Trinajstić information content (AvgIpc) is 1.47. The summed E-state index contributed by atoms with van der Waals surface area (Å²) in [4.78, 5) is 196. The molecule has 2 heterocycles. The minimum atomic E-state index is -1.85. The summed E-state index contributed by atoms with van der Waals surface area (Å²) >= 11 is 0. The molecule has 1 aliphatic heterocycles. The van der Waals surface area contributed by atoms with Crippen molar-refractivity contribution in [1.82, 2.24) is 73.4 Å². The second kappa shape index (κ2) is 38.5. The van der Waals surface area contributed by atoms with E-state index in [-0.39, 0.29) is 25.8 Å². The molecule has 33 heteroatoms. The molecule has 0 aliphatic carbocycles. The van der Waals surface area contributed by atoms with E-state index >= 15 is 0 Å². The van der Waals surface area contributed by atoms with Gasteiger partial charge in [0.2, 0.25) is 82.7 Å². The van der Waals surface area contributed by atoms with Gasteiger partial charge >= 0.3 is 0 Å². The maximum atomic E-state index is 14.4. The molecule has 2 aromatic carbocycles. The zero-order valence-electron chi connectivity index (χ0n) is 55.1. The molecule has 0 spiro atoms. The number of aromatic nitrogens is 2. The number of nitrogens with two attached hydrogens (primary N) is 3. The maximum Gasteiger partial charge on any atom is 0.245 e. The highest BCUT2D eigenvalue weighted by molar-refractivity contribution is 5.99. The first-order valence-corrected chi connectivity index (χ1v) is 31.6. The maximum absolute atomic E-state index is 14.4. The van der Waals surface area contributed by atoms with Crippen molar-refractivity contribution >= 4 is 82.7 Å². The van der Waals surface area contributed by atoms with E-state index in [0.717, 1.165) is 12.5 Å². The van der Waals surface area contributed by atoms with E-state index < -0.39 is 199 Å². The van der Waals surface area contributed by atoms with Gasteiger partial charge in [-0.1, -0.05) is 94.8 Å². The normalized spacial score (nSPS) is 16.8. The van der Waals surface area contributed by atoms with Crippen LogP contribution in [0.4, 0.5) is 0 Å². The number of nitrogens with zero attached hydrogens (tertiary/aromatic N) is 2. The third-order valence-electron chi connectivity index (χ3n) is 15.9. The highest BCUT2D eigenvalue weighted by atomic mass is 16.3. The summed E-state index contributed by atoms with van der Waals surface area (Å²) in [6.07, 6.45) is -0.582. The zero-order valence-corrected chi connectivity index (χ0v) is 55.1. The molecule has 1 aliphatic rings. The van der Waals surface area contributed by atoms with Gasteiger partial charge in [0, 0.05) is 37.7 Å². The largest absolute Gasteiger partial charge is 0.391 e. The Labute approximate surface area is 555 Å². The lowest BCUT2D eigenvalue weighted by Gasteiger charge is -2.29. The van der Waals surface area contributed by atoms with Gasteiger partial charge in [-0.25, -0.2) is 4.98 Å². The predicted octanol–water partition coefficient (Wildman–Crippen LogP) is -5.39. The number of carbonyl (C=O) groups is 14. The van der Waals surface area contributed by atoms with Gasteiger partial charge in [0.25, 0.3) is 0 Å². The lowest BCUT2D eigenvalue weighted by molar-refractivity contribution is -0.140. The van der Waals surface area contributed by atoms with Crippen LogP contribution in [-0.2, 0) is 86.4 Å². The second-order valence-corrected chi connectivity index (χ2v) is 24.1. The third-order valence-corrected chi connectivity index (χ3v) is 15.9. The molecule has 0 saturated carbocycles. The van der Waals surface area contributed by atoms with Gasteiger partial charge in [0.15, 0.2) is 0 Å². The van der Waals surface area contributed by atoms with Crippen LogP contribution in [0.25, 0.3) is 0 Å². The van der Waals surface area contributed by atoms with Crippen molar-refractivity contribution in [1.29, 1.82) is 0 Å². The minimum Gasteiger partial charge on any atom is -0.391 e. The minimum absolute atomic E-state index is 0.119. The van der Waals surface area contributed by atoms with Gasteiger partial charge in [0.1, 0.15) is 60.4 Å². The summed E-state index contributed by atoms with van der Waals surface area (Å²) in [5, 5.41) is 48.9. The summed E-state index contributed by atoms with van der Waals surface area (Å²) in [5.74, 6) is -13.3. The molecule has 1 saturated heterocycles. The van der Waals surface area contributed by atoms with Crippen molar-refractivity contribution in [3.05, 3.63) is 90.0 Å². The first-order valence-electron chi connectivity index (χ1n) is 31.6. The van der Waals surface area contributed by atoms with E-state index in [1.165, 1.54) is 38.2 Å². The van der Waals surface area contributed by atoms with Crippen molar-refractivity contribution < 1.29 is 77.3 Å². The highest BCUT2D eigenvalue weighted by Gasteiger charge is 2.39. The number of rotatable bonds is 38. The number of primary amides is 2. The van der Waals surface area contributed by atoms with E-state index in [9.17, 15) is 77.3 Å². The SMILES string of the molecule is CC[C@H](C)[C@H](NC(=O)[C@H](C)NC(=O)[C@@H](NC(=O)[C@H](CCC(N)=O)NC(=O)[C@H](Cc1ccccc1)NC(=O)[C@@H](NC(=O)[C@H](Cc1cnc[nH]1)NC(=O)[C@@H](N)Cc1ccccc1)[C@@H](C)O)[C@@H](C)O)C(=O)NCC(=O)N[C@H](C(=O)NCC(=O)N[C@@H](C)C(=O)N1CCC[C@H]1C(N)=O)C(C)C. The van der Waals surface area contributed by atoms with Crippen molar-refractivity contribution in [2.45, 2.75) is 185 Å². The van der Waals surface area contributed by atoms with Crippen molar-refractivity contribution in [2.24, 2.45) is 29.0 Å². The number of benzene rings is 2. The molecule has 3 aromatic rings. The number of aliphatic hydroxyl groups is 2. The fraction of sp³-hybridized carbons (Fsp3) is 0.540. The molecule has 4 rings (SSSR count). The summed E-state index contributed by atoms with van der Waals surface area (Å²) in [7, 11) is 0. The van der Waals surface area contributed by atoms with E-state index in [4.69, 9.17) is 17.2 Å². The van der Waals surface area contributed by atoms with Crippen molar-refractivity contribution in [2.75, 3.05) is 19.6 Å². The Morgan fingerprint density at radius 3 is 1.56 bits per heavy atom. The molecule has 33 nitrogen and oxygen atoms in total. The number of likely N-dealkylation sites (tertiary alicyclic amines) is 1. The lowest BCUT2D eigenvalue weighted by Crippen LogP contribution is -2.62. The van der Waals surface area contributed by atoms with Crippen LogP contribution in [0.5, 0.6) is 0 Å². The lowest BCUT2D eigenvalue weighted by atomic mass is 9.98. The summed E-state index contributed by atoms with van der Waals surface area (Å²) in [6.45, 7) is 10.6. The number of aliphatic hydroxyl groups excluding tert-OH is 2. The Kier molecular flexibility index (Phi) is 31.5. The number of amides is 14. The van der Waals surface area contributed by atoms with Crippen LogP contribution in [-0.4, -0.2) is 206 Å². The molecule has 0 radical (unpaired) electrons. The van der Waals surface area contributed by atoms with Crippen LogP contribution in [0.1, 0.15) is 104 Å². The van der Waals surface area contributed by atoms with Crippen LogP contribution in [0.15, 0.2) is 73.2 Å². The van der Waals surface area contributed by atoms with E-state index in [1.54, 1.807) is 88.4 Å².